The third kappa shape index (κ3) is 6.28. The van der Waals surface area contributed by atoms with Crippen LogP contribution < -0.4 is 11.1 Å². The Morgan fingerprint density at radius 2 is 1.45 bits per heavy atom. The molecule has 0 aromatic heterocycles. The summed E-state index contributed by atoms with van der Waals surface area (Å²) in [5.74, 6) is -4.88. The van der Waals surface area contributed by atoms with Crippen LogP contribution in [0.15, 0.2) is 94.0 Å². The number of amides is 1. The predicted octanol–water partition coefficient (Wildman–Crippen LogP) is 4.66. The third-order valence-electron chi connectivity index (χ3n) is 5.95. The summed E-state index contributed by atoms with van der Waals surface area (Å²) in [6, 6.07) is 19.7. The molecule has 0 unspecified atom stereocenters. The summed E-state index contributed by atoms with van der Waals surface area (Å²) in [6.45, 7) is 0. The molecule has 12 nitrogen and oxygen atoms in total. The average Bonchev–Trinajstić information content (AvgIpc) is 2.91. The lowest BCUT2D eigenvalue weighted by Crippen LogP contribution is -2.25. The molecule has 0 aliphatic rings. The summed E-state index contributed by atoms with van der Waals surface area (Å²) in [5, 5.41) is 29.5. The van der Waals surface area contributed by atoms with Gasteiger partial charge in [0.15, 0.2) is 5.92 Å². The van der Waals surface area contributed by atoms with Gasteiger partial charge in [0, 0.05) is 22.0 Å². The Balaban J connectivity index is 1.47. The first-order chi connectivity index (χ1) is 18.9. The van der Waals surface area contributed by atoms with Crippen LogP contribution in [0.4, 0.5) is 22.7 Å². The number of carbonyl (C=O) groups excluding carboxylic acids is 1. The number of carbonyl (C=O) groups is 3. The highest BCUT2D eigenvalue weighted by Crippen LogP contribution is 2.36. The zero-order chi connectivity index (χ0) is 29.0. The highest BCUT2D eigenvalue weighted by atomic mass is 32.2. The molecule has 13 heteroatoms. The van der Waals surface area contributed by atoms with Crippen LogP contribution in [0.2, 0.25) is 0 Å². The molecule has 0 heterocycles. The molecule has 0 saturated heterocycles. The Kier molecular flexibility index (Phi) is 7.88. The van der Waals surface area contributed by atoms with Crippen LogP contribution in [-0.4, -0.2) is 41.0 Å². The summed E-state index contributed by atoms with van der Waals surface area (Å²) >= 11 is 0. The maximum atomic E-state index is 12.6. The number of nitrogens with one attached hydrogen (secondary N) is 1. The standard InChI is InChI=1S/C27H22N4O8S/c28-24-20-4-2-1-3-19(20)23(40(37,38)39)14-22(24)31-30-18-11-7-16(8-12-18)25(32)29-17-9-5-15(6-10-17)13-21(26(33)34)27(35)36/h1-12,14,21H,13,28H2,(H,29,32)(H,33,34)(H,35,36)(H,37,38,39). The predicted molar refractivity (Wildman–Crippen MR) is 146 cm³/mol. The lowest BCUT2D eigenvalue weighted by Gasteiger charge is -2.09. The summed E-state index contributed by atoms with van der Waals surface area (Å²) in [6.07, 6.45) is -0.198. The largest absolute Gasteiger partial charge is 0.481 e. The number of rotatable bonds is 9. The van der Waals surface area contributed by atoms with Gasteiger partial charge in [-0.3, -0.25) is 18.9 Å². The number of nitrogens with zero attached hydrogens (tertiary/aromatic N) is 2. The van der Waals surface area contributed by atoms with E-state index in [0.29, 0.717) is 27.9 Å². The Labute approximate surface area is 227 Å². The van der Waals surface area contributed by atoms with Gasteiger partial charge in [-0.15, -0.1) is 5.11 Å². The number of anilines is 2. The minimum atomic E-state index is -4.56. The van der Waals surface area contributed by atoms with Gasteiger partial charge in [0.2, 0.25) is 0 Å². The molecule has 4 aromatic carbocycles. The second-order valence-corrected chi connectivity index (χ2v) is 10.0. The van der Waals surface area contributed by atoms with E-state index in [2.05, 4.69) is 15.5 Å². The van der Waals surface area contributed by atoms with Crippen molar-refractivity contribution in [3.63, 3.8) is 0 Å². The Bertz CT molecular complexity index is 1740. The van der Waals surface area contributed by atoms with Crippen molar-refractivity contribution in [1.82, 2.24) is 0 Å². The molecule has 0 fully saturated rings. The van der Waals surface area contributed by atoms with Crippen molar-refractivity contribution in [2.75, 3.05) is 11.1 Å². The van der Waals surface area contributed by atoms with Crippen LogP contribution >= 0.6 is 0 Å². The van der Waals surface area contributed by atoms with Crippen LogP contribution in [-0.2, 0) is 26.1 Å². The minimum Gasteiger partial charge on any atom is -0.481 e. The number of azo groups is 1. The lowest BCUT2D eigenvalue weighted by molar-refractivity contribution is -0.154. The Hall–Kier alpha value is -5.14. The first-order valence-electron chi connectivity index (χ1n) is 11.6. The number of nitrogen functional groups attached to an aromatic ring is 1. The van der Waals surface area contributed by atoms with Crippen molar-refractivity contribution in [3.05, 3.63) is 90.0 Å². The van der Waals surface area contributed by atoms with Gasteiger partial charge in [0.1, 0.15) is 10.6 Å². The number of hydrogen-bond donors (Lipinski definition) is 5. The van der Waals surface area contributed by atoms with Gasteiger partial charge in [-0.25, -0.2) is 0 Å². The summed E-state index contributed by atoms with van der Waals surface area (Å²) in [7, 11) is -4.56. The second kappa shape index (κ2) is 11.3. The molecular formula is C27H22N4O8S. The van der Waals surface area contributed by atoms with E-state index in [1.165, 1.54) is 54.6 Å². The van der Waals surface area contributed by atoms with Crippen LogP contribution in [0.5, 0.6) is 0 Å². The third-order valence-corrected chi connectivity index (χ3v) is 6.85. The number of aliphatic carboxylic acids is 2. The first kappa shape index (κ1) is 27.9. The Morgan fingerprint density at radius 1 is 0.850 bits per heavy atom. The van der Waals surface area contributed by atoms with Crippen LogP contribution in [0.1, 0.15) is 15.9 Å². The molecule has 0 aliphatic heterocycles. The van der Waals surface area contributed by atoms with E-state index < -0.39 is 33.9 Å². The van der Waals surface area contributed by atoms with Gasteiger partial charge >= 0.3 is 11.9 Å². The molecule has 0 spiro atoms. The van der Waals surface area contributed by atoms with Gasteiger partial charge in [-0.2, -0.15) is 13.5 Å². The van der Waals surface area contributed by atoms with Crippen LogP contribution in [0.25, 0.3) is 10.8 Å². The molecule has 6 N–H and O–H groups in total. The van der Waals surface area contributed by atoms with Gasteiger partial charge in [0.05, 0.1) is 11.4 Å². The first-order valence-corrected chi connectivity index (χ1v) is 13.0. The normalized spacial score (nSPS) is 11.7. The fraction of sp³-hybridized carbons (Fsp3) is 0.0741. The summed E-state index contributed by atoms with van der Waals surface area (Å²) in [4.78, 5) is 34.4. The fourth-order valence-electron chi connectivity index (χ4n) is 3.88. The topological polar surface area (TPSA) is 209 Å². The lowest BCUT2D eigenvalue weighted by atomic mass is 9.99. The molecule has 0 aliphatic carbocycles. The molecule has 4 rings (SSSR count). The average molecular weight is 563 g/mol. The van der Waals surface area contributed by atoms with Crippen molar-refractivity contribution in [2.45, 2.75) is 11.3 Å². The van der Waals surface area contributed by atoms with E-state index in [9.17, 15) is 27.4 Å². The monoisotopic (exact) mass is 562 g/mol. The zero-order valence-corrected chi connectivity index (χ0v) is 21.4. The van der Waals surface area contributed by atoms with Crippen molar-refractivity contribution < 1.29 is 37.6 Å². The molecule has 1 amide bonds. The number of hydrogen-bond acceptors (Lipinski definition) is 8. The highest BCUT2D eigenvalue weighted by Gasteiger charge is 2.26. The van der Waals surface area contributed by atoms with E-state index in [-0.39, 0.29) is 28.1 Å². The van der Waals surface area contributed by atoms with Crippen molar-refractivity contribution in [3.8, 4) is 0 Å². The van der Waals surface area contributed by atoms with Crippen molar-refractivity contribution in [1.29, 1.82) is 0 Å². The molecule has 4 aromatic rings. The van der Waals surface area contributed by atoms with Gasteiger partial charge in [-0.1, -0.05) is 36.4 Å². The van der Waals surface area contributed by atoms with Crippen LogP contribution in [0, 0.1) is 5.92 Å². The van der Waals surface area contributed by atoms with E-state index in [4.69, 9.17) is 15.9 Å². The van der Waals surface area contributed by atoms with Gasteiger partial charge in [0.25, 0.3) is 16.0 Å². The van der Waals surface area contributed by atoms with E-state index in [0.717, 1.165) is 6.07 Å². The molecule has 0 radical (unpaired) electrons. The molecule has 0 saturated carbocycles. The van der Waals surface area contributed by atoms with Crippen LogP contribution in [0.3, 0.4) is 0 Å². The van der Waals surface area contributed by atoms with E-state index in [1.54, 1.807) is 18.2 Å². The zero-order valence-electron chi connectivity index (χ0n) is 20.6. The summed E-state index contributed by atoms with van der Waals surface area (Å²) in [5.41, 5.74) is 7.90. The molecule has 40 heavy (non-hydrogen) atoms. The quantitative estimate of drug-likeness (QED) is 0.0829. The smallest absolute Gasteiger partial charge is 0.318 e. The number of carboxylic acid groups (broad SMARTS) is 2. The fourth-order valence-corrected chi connectivity index (χ4v) is 4.60. The number of carboxylic acids is 2. The Morgan fingerprint density at radius 3 is 2.02 bits per heavy atom. The summed E-state index contributed by atoms with van der Waals surface area (Å²) < 4.78 is 33.4. The number of nitrogens with two attached hydrogens (primary N) is 1. The highest BCUT2D eigenvalue weighted by molar-refractivity contribution is 7.86. The van der Waals surface area contributed by atoms with Gasteiger partial charge in [-0.05, 0) is 54.4 Å². The minimum absolute atomic E-state index is 0.0367. The van der Waals surface area contributed by atoms with Crippen molar-refractivity contribution in [2.24, 2.45) is 16.1 Å². The molecule has 0 atom stereocenters. The molecular weight excluding hydrogens is 540 g/mol. The number of fused-ring (bicyclic) bond motifs is 1. The molecule has 204 valence electrons. The second-order valence-electron chi connectivity index (χ2n) is 8.66. The molecule has 0 bridgehead atoms. The number of benzene rings is 4. The maximum Gasteiger partial charge on any atom is 0.318 e. The van der Waals surface area contributed by atoms with Crippen molar-refractivity contribution >= 4 is 61.5 Å². The van der Waals surface area contributed by atoms with E-state index >= 15 is 0 Å². The van der Waals surface area contributed by atoms with E-state index in [1.807, 2.05) is 0 Å². The van der Waals surface area contributed by atoms with Gasteiger partial charge < -0.3 is 21.3 Å². The SMILES string of the molecule is Nc1c(N=Nc2ccc(C(=O)Nc3ccc(CC(C(=O)O)C(=O)O)cc3)cc2)cc(S(=O)(=O)O)c2ccccc12. The maximum absolute atomic E-state index is 12.6.